The molecule has 7 heteroatoms. The molecule has 0 radical (unpaired) electrons. The average molecular weight is 438 g/mol. The predicted octanol–water partition coefficient (Wildman–Crippen LogP) is 3.62. The number of nitrogens with zero attached hydrogens (tertiary/aromatic N) is 4. The van der Waals surface area contributed by atoms with Crippen molar-refractivity contribution in [2.75, 3.05) is 32.7 Å². The van der Waals surface area contributed by atoms with Crippen LogP contribution in [0.25, 0.3) is 5.13 Å². The number of carbonyl (C=O) groups excluding carboxylic acids is 1. The molecule has 1 N–H and O–H groups in total. The summed E-state index contributed by atoms with van der Waals surface area (Å²) in [6.45, 7) is 13.3. The van der Waals surface area contributed by atoms with Crippen LogP contribution < -0.4 is 5.32 Å². The fraction of sp³-hybridized carbons (Fsp3) is 0.417. The Kier molecular flexibility index (Phi) is 6.85. The van der Waals surface area contributed by atoms with Crippen LogP contribution in [0, 0.1) is 13.8 Å². The second-order valence-corrected chi connectivity index (χ2v) is 8.97. The van der Waals surface area contributed by atoms with Crippen LogP contribution in [0.1, 0.15) is 39.8 Å². The van der Waals surface area contributed by atoms with Gasteiger partial charge >= 0.3 is 0 Å². The number of aryl methyl sites for hydroxylation is 1. The highest BCUT2D eigenvalue weighted by Crippen LogP contribution is 2.22. The van der Waals surface area contributed by atoms with E-state index in [4.69, 9.17) is 0 Å². The Morgan fingerprint density at radius 1 is 1.10 bits per heavy atom. The van der Waals surface area contributed by atoms with E-state index in [2.05, 4.69) is 45.2 Å². The minimum absolute atomic E-state index is 0.0396. The van der Waals surface area contributed by atoms with Gasteiger partial charge < -0.3 is 10.2 Å². The van der Waals surface area contributed by atoms with E-state index in [0.717, 1.165) is 55.8 Å². The van der Waals surface area contributed by atoms with Crippen molar-refractivity contribution in [1.82, 2.24) is 24.7 Å². The molecule has 0 spiro atoms. The summed E-state index contributed by atoms with van der Waals surface area (Å²) in [5, 5.41) is 5.98. The van der Waals surface area contributed by atoms with Crippen molar-refractivity contribution in [2.45, 2.75) is 33.9 Å². The maximum atomic E-state index is 13.0. The third kappa shape index (κ3) is 4.89. The Hall–Kier alpha value is -2.48. The summed E-state index contributed by atoms with van der Waals surface area (Å²) < 4.78 is 2.05. The van der Waals surface area contributed by atoms with E-state index < -0.39 is 0 Å². The molecule has 2 aromatic heterocycles. The van der Waals surface area contributed by atoms with E-state index >= 15 is 0 Å². The van der Waals surface area contributed by atoms with E-state index in [-0.39, 0.29) is 5.91 Å². The van der Waals surface area contributed by atoms with Gasteiger partial charge in [0.05, 0.1) is 5.56 Å². The van der Waals surface area contributed by atoms with Crippen LogP contribution in [0.15, 0.2) is 41.9 Å². The number of amides is 1. The summed E-state index contributed by atoms with van der Waals surface area (Å²) in [4.78, 5) is 22.4. The lowest BCUT2D eigenvalue weighted by Gasteiger charge is -2.34. The molecule has 164 valence electrons. The minimum Gasteiger partial charge on any atom is -0.348 e. The van der Waals surface area contributed by atoms with Crippen LogP contribution in [-0.2, 0) is 13.1 Å². The van der Waals surface area contributed by atoms with E-state index in [1.165, 1.54) is 11.1 Å². The van der Waals surface area contributed by atoms with Gasteiger partial charge in [-0.3, -0.25) is 14.3 Å². The molecule has 1 amide bonds. The van der Waals surface area contributed by atoms with Gasteiger partial charge in [-0.15, -0.1) is 11.3 Å². The molecule has 0 unspecified atom stereocenters. The summed E-state index contributed by atoms with van der Waals surface area (Å²) >= 11 is 1.57. The number of aromatic nitrogens is 2. The van der Waals surface area contributed by atoms with Gasteiger partial charge in [0.2, 0.25) is 0 Å². The maximum absolute atomic E-state index is 13.0. The number of hydrogen-bond acceptors (Lipinski definition) is 5. The number of nitrogens with one attached hydrogen (secondary N) is 1. The lowest BCUT2D eigenvalue weighted by atomic mass is 10.1. The number of thiazole rings is 1. The van der Waals surface area contributed by atoms with E-state index in [1.807, 2.05) is 35.9 Å². The highest BCUT2D eigenvalue weighted by molar-refractivity contribution is 7.12. The Balaban J connectivity index is 1.42. The maximum Gasteiger partial charge on any atom is 0.253 e. The van der Waals surface area contributed by atoms with Crippen LogP contribution in [-0.4, -0.2) is 58.0 Å². The molecule has 0 atom stereocenters. The first-order valence-corrected chi connectivity index (χ1v) is 11.8. The van der Waals surface area contributed by atoms with Crippen molar-refractivity contribution < 1.29 is 4.79 Å². The first-order valence-electron chi connectivity index (χ1n) is 10.9. The molecule has 3 aromatic rings. The summed E-state index contributed by atoms with van der Waals surface area (Å²) in [7, 11) is 0. The molecule has 6 nitrogen and oxygen atoms in total. The van der Waals surface area contributed by atoms with Gasteiger partial charge in [-0.2, -0.15) is 0 Å². The largest absolute Gasteiger partial charge is 0.348 e. The first-order chi connectivity index (χ1) is 15.1. The van der Waals surface area contributed by atoms with Crippen molar-refractivity contribution in [3.05, 3.63) is 70.0 Å². The zero-order valence-corrected chi connectivity index (χ0v) is 19.4. The van der Waals surface area contributed by atoms with Gasteiger partial charge in [-0.1, -0.05) is 31.2 Å². The molecule has 1 aromatic carbocycles. The summed E-state index contributed by atoms with van der Waals surface area (Å²) in [5.74, 6) is -0.0396. The molecule has 1 fully saturated rings. The Bertz CT molecular complexity index is 1020. The fourth-order valence-electron chi connectivity index (χ4n) is 4.27. The van der Waals surface area contributed by atoms with Gasteiger partial charge in [-0.05, 0) is 37.6 Å². The quantitative estimate of drug-likeness (QED) is 0.613. The van der Waals surface area contributed by atoms with Crippen LogP contribution in [0.3, 0.4) is 0 Å². The molecule has 3 heterocycles. The van der Waals surface area contributed by atoms with Crippen molar-refractivity contribution in [3.8, 4) is 5.13 Å². The Morgan fingerprint density at radius 3 is 2.48 bits per heavy atom. The molecular weight excluding hydrogens is 406 g/mol. The molecular formula is C24H31N5OS. The standard InChI is InChI=1S/C24H31N5OS/c1-4-27-10-12-28(13-11-27)17-21-8-6-5-7-20(21)16-26-23(30)22-15-18(2)29(19(22)3)24-25-9-14-31-24/h5-9,14-15H,4,10-13,16-17H2,1-3H3,(H,26,30). The third-order valence-corrected chi connectivity index (χ3v) is 6.91. The second-order valence-electron chi connectivity index (χ2n) is 8.10. The number of hydrogen-bond donors (Lipinski definition) is 1. The molecule has 0 saturated carbocycles. The molecule has 31 heavy (non-hydrogen) atoms. The van der Waals surface area contributed by atoms with Crippen LogP contribution in [0.5, 0.6) is 0 Å². The molecule has 1 aliphatic rings. The summed E-state index contributed by atoms with van der Waals surface area (Å²) in [6, 6.07) is 10.4. The third-order valence-electron chi connectivity index (χ3n) is 6.15. The first kappa shape index (κ1) is 21.7. The number of carbonyl (C=O) groups is 1. The average Bonchev–Trinajstić information content (AvgIpc) is 3.41. The summed E-state index contributed by atoms with van der Waals surface area (Å²) in [5.41, 5.74) is 5.13. The molecule has 4 rings (SSSR count). The zero-order valence-electron chi connectivity index (χ0n) is 18.6. The Morgan fingerprint density at radius 2 is 1.81 bits per heavy atom. The van der Waals surface area contributed by atoms with Crippen molar-refractivity contribution in [3.63, 3.8) is 0 Å². The van der Waals surface area contributed by atoms with Gasteiger partial charge in [-0.25, -0.2) is 4.98 Å². The van der Waals surface area contributed by atoms with Crippen LogP contribution in [0.4, 0.5) is 0 Å². The van der Waals surface area contributed by atoms with Crippen molar-refractivity contribution in [1.29, 1.82) is 0 Å². The normalized spacial score (nSPS) is 15.3. The van der Waals surface area contributed by atoms with Gasteiger partial charge in [0.15, 0.2) is 5.13 Å². The van der Waals surface area contributed by atoms with Gasteiger partial charge in [0, 0.05) is 62.2 Å². The fourth-order valence-corrected chi connectivity index (χ4v) is 5.02. The Labute approximate surface area is 188 Å². The SMILES string of the molecule is CCN1CCN(Cc2ccccc2CNC(=O)c2cc(C)n(-c3nccs3)c2C)CC1. The molecule has 1 saturated heterocycles. The smallest absolute Gasteiger partial charge is 0.253 e. The number of benzene rings is 1. The van der Waals surface area contributed by atoms with E-state index in [1.54, 1.807) is 17.5 Å². The zero-order chi connectivity index (χ0) is 21.8. The molecule has 0 bridgehead atoms. The van der Waals surface area contributed by atoms with Gasteiger partial charge in [0.1, 0.15) is 0 Å². The highest BCUT2D eigenvalue weighted by Gasteiger charge is 2.19. The van der Waals surface area contributed by atoms with Crippen LogP contribution in [0.2, 0.25) is 0 Å². The predicted molar refractivity (Wildman–Crippen MR) is 126 cm³/mol. The lowest BCUT2D eigenvalue weighted by Crippen LogP contribution is -2.45. The minimum atomic E-state index is -0.0396. The number of piperazine rings is 1. The van der Waals surface area contributed by atoms with Crippen molar-refractivity contribution in [2.24, 2.45) is 0 Å². The lowest BCUT2D eigenvalue weighted by molar-refractivity contribution is 0.0950. The molecule has 1 aliphatic heterocycles. The monoisotopic (exact) mass is 437 g/mol. The van der Waals surface area contributed by atoms with E-state index in [0.29, 0.717) is 12.1 Å². The van der Waals surface area contributed by atoms with Crippen molar-refractivity contribution >= 4 is 17.2 Å². The highest BCUT2D eigenvalue weighted by atomic mass is 32.1. The summed E-state index contributed by atoms with van der Waals surface area (Å²) in [6.07, 6.45) is 1.79. The number of rotatable bonds is 7. The topological polar surface area (TPSA) is 53.4 Å². The second kappa shape index (κ2) is 9.77. The molecule has 0 aliphatic carbocycles. The van der Waals surface area contributed by atoms with E-state index in [9.17, 15) is 4.79 Å². The van der Waals surface area contributed by atoms with Gasteiger partial charge in [0.25, 0.3) is 5.91 Å². The number of likely N-dealkylation sites (N-methyl/N-ethyl adjacent to an activating group) is 1. The van der Waals surface area contributed by atoms with Crippen LogP contribution >= 0.6 is 11.3 Å².